The average Bonchev–Trinajstić information content (AvgIpc) is 2.42. The van der Waals surface area contributed by atoms with E-state index in [1.165, 1.54) is 5.56 Å². The van der Waals surface area contributed by atoms with E-state index in [4.69, 9.17) is 10.5 Å². The van der Waals surface area contributed by atoms with Gasteiger partial charge in [-0.1, -0.05) is 6.07 Å². The summed E-state index contributed by atoms with van der Waals surface area (Å²) in [7, 11) is 0. The van der Waals surface area contributed by atoms with E-state index in [1.807, 2.05) is 18.2 Å². The number of fused-ring (bicyclic) bond motifs is 1. The van der Waals surface area contributed by atoms with Crippen LogP contribution in [0.15, 0.2) is 18.2 Å². The number of ether oxygens (including phenoxy) is 1. The van der Waals surface area contributed by atoms with Crippen LogP contribution in [0.2, 0.25) is 0 Å². The van der Waals surface area contributed by atoms with Gasteiger partial charge in [0.05, 0.1) is 5.69 Å². The number of carbonyl (C=O) groups excluding carboxylic acids is 1. The molecule has 0 atom stereocenters. The highest BCUT2D eigenvalue weighted by molar-refractivity contribution is 5.95. The van der Waals surface area contributed by atoms with Crippen molar-refractivity contribution in [3.8, 4) is 5.75 Å². The number of benzene rings is 1. The number of nitrogens with two attached hydrogens (primary N) is 1. The normalized spacial score (nSPS) is 13.6. The molecule has 0 saturated carbocycles. The smallest absolute Gasteiger partial charge is 0.262 e. The minimum absolute atomic E-state index is 0.0930. The van der Waals surface area contributed by atoms with Crippen molar-refractivity contribution in [1.82, 2.24) is 5.32 Å². The van der Waals surface area contributed by atoms with Gasteiger partial charge >= 0.3 is 0 Å². The van der Waals surface area contributed by atoms with Crippen LogP contribution in [0, 0.1) is 0 Å². The minimum atomic E-state index is -0.0930. The first-order valence-electron chi connectivity index (χ1n) is 6.76. The predicted molar refractivity (Wildman–Crippen MR) is 75.4 cm³/mol. The molecule has 0 saturated heterocycles. The topological polar surface area (TPSA) is 76.4 Å². The van der Waals surface area contributed by atoms with Gasteiger partial charge in [0.25, 0.3) is 5.91 Å². The van der Waals surface area contributed by atoms with E-state index in [0.717, 1.165) is 50.3 Å². The molecule has 0 aromatic heterocycles. The molecular formula is C14H21N3O2. The van der Waals surface area contributed by atoms with Gasteiger partial charge in [-0.3, -0.25) is 4.79 Å². The van der Waals surface area contributed by atoms with Gasteiger partial charge < -0.3 is 21.1 Å². The van der Waals surface area contributed by atoms with Crippen LogP contribution in [0.4, 0.5) is 5.69 Å². The maximum Gasteiger partial charge on any atom is 0.262 e. The van der Waals surface area contributed by atoms with Crippen molar-refractivity contribution in [2.75, 3.05) is 31.6 Å². The van der Waals surface area contributed by atoms with Crippen molar-refractivity contribution in [2.24, 2.45) is 5.73 Å². The summed E-state index contributed by atoms with van der Waals surface area (Å²) in [6, 6.07) is 5.93. The molecular weight excluding hydrogens is 242 g/mol. The third-order valence-electron chi connectivity index (χ3n) is 3.07. The Morgan fingerprint density at radius 2 is 2.21 bits per heavy atom. The SMILES string of the molecule is NCCCCNCCc1ccc2c(c1)NC(=O)CO2. The maximum absolute atomic E-state index is 11.2. The molecule has 0 spiro atoms. The van der Waals surface area contributed by atoms with Crippen LogP contribution in [0.25, 0.3) is 0 Å². The Bertz CT molecular complexity index is 435. The highest BCUT2D eigenvalue weighted by Crippen LogP contribution is 2.28. The zero-order chi connectivity index (χ0) is 13.5. The van der Waals surface area contributed by atoms with Gasteiger partial charge in [-0.15, -0.1) is 0 Å². The highest BCUT2D eigenvalue weighted by Gasteiger charge is 2.15. The lowest BCUT2D eigenvalue weighted by atomic mass is 10.1. The summed E-state index contributed by atoms with van der Waals surface area (Å²) in [5, 5.41) is 6.20. The quantitative estimate of drug-likeness (QED) is 0.639. The first kappa shape index (κ1) is 13.8. The molecule has 19 heavy (non-hydrogen) atoms. The standard InChI is InChI=1S/C14H21N3O2/c15-6-1-2-7-16-8-5-11-3-4-13-12(9-11)17-14(18)10-19-13/h3-4,9,16H,1-2,5-8,10,15H2,(H,17,18). The second-order valence-electron chi connectivity index (χ2n) is 4.66. The first-order chi connectivity index (χ1) is 9.29. The Morgan fingerprint density at radius 1 is 1.32 bits per heavy atom. The highest BCUT2D eigenvalue weighted by atomic mass is 16.5. The van der Waals surface area contributed by atoms with E-state index in [1.54, 1.807) is 0 Å². The Kier molecular flexibility index (Phi) is 5.18. The molecule has 4 N–H and O–H groups in total. The fourth-order valence-corrected chi connectivity index (χ4v) is 2.04. The summed E-state index contributed by atoms with van der Waals surface area (Å²) >= 11 is 0. The largest absolute Gasteiger partial charge is 0.482 e. The number of hydrogen-bond donors (Lipinski definition) is 3. The molecule has 104 valence electrons. The van der Waals surface area contributed by atoms with E-state index in [0.29, 0.717) is 0 Å². The van der Waals surface area contributed by atoms with Gasteiger partial charge in [0.15, 0.2) is 6.61 Å². The number of amides is 1. The number of unbranched alkanes of at least 4 members (excludes halogenated alkanes) is 1. The molecule has 1 aromatic rings. The molecule has 1 aliphatic rings. The number of rotatable bonds is 7. The van der Waals surface area contributed by atoms with Crippen LogP contribution in [-0.2, 0) is 11.2 Å². The van der Waals surface area contributed by atoms with Gasteiger partial charge in [0.2, 0.25) is 0 Å². The van der Waals surface area contributed by atoms with Crippen LogP contribution in [0.5, 0.6) is 5.75 Å². The van der Waals surface area contributed by atoms with Crippen LogP contribution in [0.1, 0.15) is 18.4 Å². The summed E-state index contributed by atoms with van der Waals surface area (Å²) in [5.74, 6) is 0.656. The minimum Gasteiger partial charge on any atom is -0.482 e. The van der Waals surface area contributed by atoms with Crippen LogP contribution < -0.4 is 21.1 Å². The summed E-state index contributed by atoms with van der Waals surface area (Å²) in [5.41, 5.74) is 7.40. The summed E-state index contributed by atoms with van der Waals surface area (Å²) in [6.45, 7) is 2.79. The van der Waals surface area contributed by atoms with Gasteiger partial charge in [-0.25, -0.2) is 0 Å². The molecule has 0 unspecified atom stereocenters. The molecule has 1 aliphatic heterocycles. The second kappa shape index (κ2) is 7.11. The lowest BCUT2D eigenvalue weighted by molar-refractivity contribution is -0.118. The number of nitrogens with one attached hydrogen (secondary N) is 2. The molecule has 2 rings (SSSR count). The zero-order valence-corrected chi connectivity index (χ0v) is 11.1. The number of anilines is 1. The van der Waals surface area contributed by atoms with Gasteiger partial charge in [-0.05, 0) is 56.6 Å². The van der Waals surface area contributed by atoms with Crippen molar-refractivity contribution in [3.63, 3.8) is 0 Å². The van der Waals surface area contributed by atoms with Crippen LogP contribution >= 0.6 is 0 Å². The fourth-order valence-electron chi connectivity index (χ4n) is 2.04. The molecule has 0 radical (unpaired) electrons. The van der Waals surface area contributed by atoms with Gasteiger partial charge in [0.1, 0.15) is 5.75 Å². The molecule has 5 nitrogen and oxygen atoms in total. The third-order valence-corrected chi connectivity index (χ3v) is 3.07. The van der Waals surface area contributed by atoms with Crippen molar-refractivity contribution in [3.05, 3.63) is 23.8 Å². The number of hydrogen-bond acceptors (Lipinski definition) is 4. The van der Waals surface area contributed by atoms with Gasteiger partial charge in [0, 0.05) is 0 Å². The molecule has 0 fully saturated rings. The van der Waals surface area contributed by atoms with E-state index in [2.05, 4.69) is 10.6 Å². The Morgan fingerprint density at radius 3 is 3.05 bits per heavy atom. The average molecular weight is 263 g/mol. The number of carbonyl (C=O) groups is 1. The summed E-state index contributed by atoms with van der Waals surface area (Å²) in [6.07, 6.45) is 3.12. The molecule has 1 heterocycles. The molecule has 1 aromatic carbocycles. The van der Waals surface area contributed by atoms with E-state index >= 15 is 0 Å². The monoisotopic (exact) mass is 263 g/mol. The third kappa shape index (κ3) is 4.22. The zero-order valence-electron chi connectivity index (χ0n) is 11.1. The van der Waals surface area contributed by atoms with Crippen LogP contribution in [0.3, 0.4) is 0 Å². The van der Waals surface area contributed by atoms with Crippen LogP contribution in [-0.4, -0.2) is 32.1 Å². The molecule has 0 aliphatic carbocycles. The maximum atomic E-state index is 11.2. The van der Waals surface area contributed by atoms with Crippen molar-refractivity contribution in [2.45, 2.75) is 19.3 Å². The van der Waals surface area contributed by atoms with E-state index in [-0.39, 0.29) is 12.5 Å². The second-order valence-corrected chi connectivity index (χ2v) is 4.66. The molecule has 5 heteroatoms. The van der Waals surface area contributed by atoms with E-state index in [9.17, 15) is 4.79 Å². The van der Waals surface area contributed by atoms with Crippen molar-refractivity contribution >= 4 is 11.6 Å². The van der Waals surface area contributed by atoms with Crippen molar-refractivity contribution in [1.29, 1.82) is 0 Å². The summed E-state index contributed by atoms with van der Waals surface area (Å²) < 4.78 is 5.32. The lowest BCUT2D eigenvalue weighted by Crippen LogP contribution is -2.25. The molecule has 0 bridgehead atoms. The first-order valence-corrected chi connectivity index (χ1v) is 6.76. The lowest BCUT2D eigenvalue weighted by Gasteiger charge is -2.18. The Hall–Kier alpha value is -1.59. The Labute approximate surface area is 113 Å². The summed E-state index contributed by atoms with van der Waals surface area (Å²) in [4.78, 5) is 11.2. The Balaban J connectivity index is 1.78. The van der Waals surface area contributed by atoms with Crippen molar-refractivity contribution < 1.29 is 9.53 Å². The molecule has 1 amide bonds. The van der Waals surface area contributed by atoms with E-state index < -0.39 is 0 Å². The van der Waals surface area contributed by atoms with Gasteiger partial charge in [-0.2, -0.15) is 0 Å². The predicted octanol–water partition coefficient (Wildman–Crippen LogP) is 0.888. The fraction of sp³-hybridized carbons (Fsp3) is 0.500.